The molecule has 0 saturated heterocycles. The molecule has 0 spiro atoms. The van der Waals surface area contributed by atoms with Gasteiger partial charge in [-0.15, -0.1) is 11.3 Å². The molecule has 4 heteroatoms. The van der Waals surface area contributed by atoms with Crippen molar-refractivity contribution in [2.24, 2.45) is 0 Å². The molecule has 1 unspecified atom stereocenters. The molecular weight excluding hydrogens is 220 g/mol. The minimum absolute atomic E-state index is 0.0306. The number of nitrogens with one attached hydrogen (secondary N) is 1. The molecular formula is C12H20N2OS. The van der Waals surface area contributed by atoms with E-state index in [4.69, 9.17) is 0 Å². The molecule has 3 nitrogen and oxygen atoms in total. The Labute approximate surface area is 101 Å². The Morgan fingerprint density at radius 1 is 1.38 bits per heavy atom. The minimum atomic E-state index is 0.0306. The highest BCUT2D eigenvalue weighted by Gasteiger charge is 2.19. The summed E-state index contributed by atoms with van der Waals surface area (Å²) < 4.78 is 0. The Bertz CT molecular complexity index is 281. The standard InChI is InChI=1S/C12H20N2OS/c15-9-11(12-13-7-8-16-12)14-10-5-3-1-2-4-6-10/h7-8,10-11,14-15H,1-6,9H2. The summed E-state index contributed by atoms with van der Waals surface area (Å²) >= 11 is 1.62. The van der Waals surface area contributed by atoms with E-state index in [1.54, 1.807) is 17.5 Å². The van der Waals surface area contributed by atoms with Crippen molar-refractivity contribution in [3.63, 3.8) is 0 Å². The summed E-state index contributed by atoms with van der Waals surface area (Å²) in [5, 5.41) is 15.9. The van der Waals surface area contributed by atoms with E-state index < -0.39 is 0 Å². The third-order valence-corrected chi connectivity index (χ3v) is 4.11. The monoisotopic (exact) mass is 240 g/mol. The normalized spacial score (nSPS) is 20.6. The number of aromatic nitrogens is 1. The van der Waals surface area contributed by atoms with Crippen LogP contribution in [-0.2, 0) is 0 Å². The average Bonchev–Trinajstić information content (AvgIpc) is 2.71. The van der Waals surface area contributed by atoms with E-state index in [-0.39, 0.29) is 12.6 Å². The summed E-state index contributed by atoms with van der Waals surface area (Å²) in [7, 11) is 0. The molecule has 90 valence electrons. The highest BCUT2D eigenvalue weighted by molar-refractivity contribution is 7.09. The third-order valence-electron chi connectivity index (χ3n) is 3.22. The van der Waals surface area contributed by atoms with Gasteiger partial charge in [0.1, 0.15) is 5.01 Å². The number of rotatable bonds is 4. The number of aliphatic hydroxyl groups excluding tert-OH is 1. The molecule has 0 amide bonds. The Morgan fingerprint density at radius 3 is 2.69 bits per heavy atom. The van der Waals surface area contributed by atoms with Crippen molar-refractivity contribution < 1.29 is 5.11 Å². The van der Waals surface area contributed by atoms with Crippen molar-refractivity contribution in [2.45, 2.75) is 50.6 Å². The summed E-state index contributed by atoms with van der Waals surface area (Å²) in [5.74, 6) is 0. The summed E-state index contributed by atoms with van der Waals surface area (Å²) in [6.07, 6.45) is 9.63. The van der Waals surface area contributed by atoms with Crippen LogP contribution in [0.2, 0.25) is 0 Å². The van der Waals surface area contributed by atoms with Gasteiger partial charge in [0.05, 0.1) is 12.6 Å². The molecule has 1 fully saturated rings. The van der Waals surface area contributed by atoms with E-state index in [1.165, 1.54) is 38.5 Å². The van der Waals surface area contributed by atoms with Gasteiger partial charge in [0.2, 0.25) is 0 Å². The fourth-order valence-corrected chi connectivity index (χ4v) is 3.03. The predicted octanol–water partition coefficient (Wildman–Crippen LogP) is 2.49. The van der Waals surface area contributed by atoms with E-state index in [0.717, 1.165) is 5.01 Å². The van der Waals surface area contributed by atoms with Gasteiger partial charge >= 0.3 is 0 Å². The number of hydrogen-bond donors (Lipinski definition) is 2. The zero-order chi connectivity index (χ0) is 11.2. The summed E-state index contributed by atoms with van der Waals surface area (Å²) in [4.78, 5) is 4.27. The van der Waals surface area contributed by atoms with Crippen LogP contribution in [0.15, 0.2) is 11.6 Å². The average molecular weight is 240 g/mol. The van der Waals surface area contributed by atoms with E-state index in [0.29, 0.717) is 6.04 Å². The van der Waals surface area contributed by atoms with Crippen LogP contribution in [0.25, 0.3) is 0 Å². The lowest BCUT2D eigenvalue weighted by Crippen LogP contribution is -2.34. The van der Waals surface area contributed by atoms with Gasteiger partial charge in [-0.1, -0.05) is 25.7 Å². The van der Waals surface area contributed by atoms with Crippen molar-refractivity contribution in [1.82, 2.24) is 10.3 Å². The maximum absolute atomic E-state index is 9.40. The molecule has 0 radical (unpaired) electrons. The van der Waals surface area contributed by atoms with Gasteiger partial charge in [-0.25, -0.2) is 4.98 Å². The van der Waals surface area contributed by atoms with Crippen LogP contribution in [0.4, 0.5) is 0 Å². The maximum atomic E-state index is 9.40. The van der Waals surface area contributed by atoms with Gasteiger partial charge in [-0.2, -0.15) is 0 Å². The van der Waals surface area contributed by atoms with Crippen LogP contribution < -0.4 is 5.32 Å². The Balaban J connectivity index is 1.90. The summed E-state index contributed by atoms with van der Waals surface area (Å²) in [6.45, 7) is 0.143. The van der Waals surface area contributed by atoms with Gasteiger partial charge < -0.3 is 10.4 Å². The van der Waals surface area contributed by atoms with Crippen LogP contribution in [0.3, 0.4) is 0 Å². The second-order valence-electron chi connectivity index (χ2n) is 4.46. The van der Waals surface area contributed by atoms with Gasteiger partial charge in [0.25, 0.3) is 0 Å². The lowest BCUT2D eigenvalue weighted by atomic mass is 10.1. The summed E-state index contributed by atoms with van der Waals surface area (Å²) in [6, 6.07) is 0.589. The predicted molar refractivity (Wildman–Crippen MR) is 66.6 cm³/mol. The van der Waals surface area contributed by atoms with Gasteiger partial charge in [-0.05, 0) is 12.8 Å². The highest BCUT2D eigenvalue weighted by atomic mass is 32.1. The fraction of sp³-hybridized carbons (Fsp3) is 0.750. The molecule has 0 aromatic carbocycles. The molecule has 0 aliphatic heterocycles. The van der Waals surface area contributed by atoms with Crippen LogP contribution >= 0.6 is 11.3 Å². The van der Waals surface area contributed by atoms with Crippen LogP contribution in [-0.4, -0.2) is 22.7 Å². The zero-order valence-corrected chi connectivity index (χ0v) is 10.4. The zero-order valence-electron chi connectivity index (χ0n) is 9.56. The fourth-order valence-electron chi connectivity index (χ4n) is 2.34. The first-order valence-corrected chi connectivity index (χ1v) is 7.04. The Kier molecular flexibility index (Phi) is 4.75. The van der Waals surface area contributed by atoms with Crippen molar-refractivity contribution in [2.75, 3.05) is 6.61 Å². The SMILES string of the molecule is OCC(NC1CCCCCC1)c1nccs1. The maximum Gasteiger partial charge on any atom is 0.112 e. The largest absolute Gasteiger partial charge is 0.394 e. The number of thiazole rings is 1. The smallest absolute Gasteiger partial charge is 0.112 e. The Hall–Kier alpha value is -0.450. The molecule has 2 rings (SSSR count). The van der Waals surface area contributed by atoms with Gasteiger partial charge in [-0.3, -0.25) is 0 Å². The third kappa shape index (κ3) is 3.27. The first-order valence-electron chi connectivity index (χ1n) is 6.16. The van der Waals surface area contributed by atoms with Gasteiger partial charge in [0.15, 0.2) is 0 Å². The van der Waals surface area contributed by atoms with Crippen molar-refractivity contribution in [3.8, 4) is 0 Å². The molecule has 16 heavy (non-hydrogen) atoms. The van der Waals surface area contributed by atoms with E-state index in [1.807, 2.05) is 5.38 Å². The van der Waals surface area contributed by atoms with Crippen LogP contribution in [0.1, 0.15) is 49.6 Å². The molecule has 1 aliphatic rings. The molecule has 1 aliphatic carbocycles. The van der Waals surface area contributed by atoms with Crippen LogP contribution in [0.5, 0.6) is 0 Å². The number of aliphatic hydroxyl groups is 1. The van der Waals surface area contributed by atoms with Gasteiger partial charge in [0, 0.05) is 17.6 Å². The second kappa shape index (κ2) is 6.33. The lowest BCUT2D eigenvalue weighted by molar-refractivity contribution is 0.228. The molecule has 1 aromatic rings. The van der Waals surface area contributed by atoms with Crippen molar-refractivity contribution >= 4 is 11.3 Å². The Morgan fingerprint density at radius 2 is 2.12 bits per heavy atom. The number of hydrogen-bond acceptors (Lipinski definition) is 4. The first kappa shape index (κ1) is 12.0. The van der Waals surface area contributed by atoms with E-state index >= 15 is 0 Å². The highest BCUT2D eigenvalue weighted by Crippen LogP contribution is 2.21. The topological polar surface area (TPSA) is 45.1 Å². The van der Waals surface area contributed by atoms with Crippen molar-refractivity contribution in [3.05, 3.63) is 16.6 Å². The molecule has 1 atom stereocenters. The molecule has 0 bridgehead atoms. The second-order valence-corrected chi connectivity index (χ2v) is 5.39. The van der Waals surface area contributed by atoms with E-state index in [2.05, 4.69) is 10.3 Å². The molecule has 1 heterocycles. The summed E-state index contributed by atoms with van der Waals surface area (Å²) in [5.41, 5.74) is 0. The molecule has 1 saturated carbocycles. The minimum Gasteiger partial charge on any atom is -0.394 e. The molecule has 2 N–H and O–H groups in total. The van der Waals surface area contributed by atoms with E-state index in [9.17, 15) is 5.11 Å². The first-order chi connectivity index (χ1) is 7.90. The van der Waals surface area contributed by atoms with Crippen LogP contribution in [0, 0.1) is 0 Å². The quantitative estimate of drug-likeness (QED) is 0.795. The lowest BCUT2D eigenvalue weighted by Gasteiger charge is -2.21. The number of nitrogens with zero attached hydrogens (tertiary/aromatic N) is 1. The molecule has 1 aromatic heterocycles. The van der Waals surface area contributed by atoms with Crippen molar-refractivity contribution in [1.29, 1.82) is 0 Å².